The molecule has 5 aromatic carbocycles. The highest BCUT2D eigenvalue weighted by molar-refractivity contribution is 7.79. The van der Waals surface area contributed by atoms with E-state index >= 15 is 0 Å². The second kappa shape index (κ2) is 11.4. The summed E-state index contributed by atoms with van der Waals surface area (Å²) in [4.78, 5) is 4.82. The van der Waals surface area contributed by atoms with Crippen LogP contribution in [0.4, 0.5) is 0 Å². The van der Waals surface area contributed by atoms with Gasteiger partial charge >= 0.3 is 0 Å². The Morgan fingerprint density at radius 3 is 1.90 bits per heavy atom. The lowest BCUT2D eigenvalue weighted by atomic mass is 9.90. The molecule has 200 valence electrons. The molecule has 0 spiro atoms. The van der Waals surface area contributed by atoms with Crippen molar-refractivity contribution < 1.29 is 5.11 Å². The van der Waals surface area contributed by atoms with Crippen molar-refractivity contribution in [1.82, 2.24) is 4.98 Å². The number of nitrogens with zero attached hydrogens (tertiary/aromatic N) is 1. The number of fused-ring (bicyclic) bond motifs is 1. The smallest absolute Gasteiger partial charge is 0.121 e. The minimum Gasteiger partial charge on any atom is -0.382 e. The Morgan fingerprint density at radius 2 is 1.17 bits per heavy atom. The lowest BCUT2D eigenvalue weighted by Crippen LogP contribution is -2.24. The van der Waals surface area contributed by atoms with Gasteiger partial charge in [-0.25, -0.2) is 4.98 Å². The number of aliphatic hydroxyl groups excluding tert-OH is 1. The van der Waals surface area contributed by atoms with Crippen LogP contribution in [0.1, 0.15) is 39.6 Å². The van der Waals surface area contributed by atoms with Gasteiger partial charge < -0.3 is 5.11 Å². The molecule has 0 amide bonds. The van der Waals surface area contributed by atoms with Crippen LogP contribution < -0.4 is 15.9 Å². The first-order valence-corrected chi connectivity index (χ1v) is 15.7. The number of hydrogen-bond donors (Lipinski definition) is 1. The zero-order valence-electron chi connectivity index (χ0n) is 22.9. The standard InChI is InChI=1S/C38H32NOP/c40-38(36-24-23-30-9-7-8-14-35(30)39-36)34-25-27-15-19-29(34)20-16-28-18-22-31(21-17-27)37(26-28)41(32-10-3-1-4-11-32)33-12-5-2-6-13-33/h1-15,18-19,22-26,38,40H,16-17,20-21H2/t38-/m1/s1. The highest BCUT2D eigenvalue weighted by Gasteiger charge is 2.22. The molecule has 10 rings (SSSR count). The van der Waals surface area contributed by atoms with Crippen molar-refractivity contribution in [3.63, 3.8) is 0 Å². The van der Waals surface area contributed by atoms with E-state index in [1.807, 2.05) is 24.3 Å². The van der Waals surface area contributed by atoms with Crippen LogP contribution in [0, 0.1) is 0 Å². The van der Waals surface area contributed by atoms with Crippen LogP contribution in [-0.2, 0) is 25.7 Å². The van der Waals surface area contributed by atoms with Gasteiger partial charge in [-0.3, -0.25) is 0 Å². The van der Waals surface area contributed by atoms with Crippen LogP contribution in [0.5, 0.6) is 0 Å². The number of pyridine rings is 1. The second-order valence-electron chi connectivity index (χ2n) is 10.8. The van der Waals surface area contributed by atoms with E-state index in [1.165, 1.54) is 38.2 Å². The van der Waals surface area contributed by atoms with Gasteiger partial charge in [-0.05, 0) is 89.5 Å². The SMILES string of the molecule is O[C@@H](c1ccc2ccccc2n1)c1cc2ccc1CCc1ccc(c(P(c3ccccc3)c3ccccc3)c1)CC2. The molecule has 1 aromatic heterocycles. The lowest BCUT2D eigenvalue weighted by molar-refractivity contribution is 0.214. The maximum absolute atomic E-state index is 11.6. The van der Waals surface area contributed by atoms with Crippen LogP contribution in [0.2, 0.25) is 0 Å². The average molecular weight is 550 g/mol. The fourth-order valence-electron chi connectivity index (χ4n) is 6.00. The fourth-order valence-corrected chi connectivity index (χ4v) is 8.56. The summed E-state index contributed by atoms with van der Waals surface area (Å²) in [6.45, 7) is 0. The molecular weight excluding hydrogens is 517 g/mol. The summed E-state index contributed by atoms with van der Waals surface area (Å²) in [5.41, 5.74) is 7.80. The van der Waals surface area contributed by atoms with Gasteiger partial charge in [-0.15, -0.1) is 0 Å². The van der Waals surface area contributed by atoms with Crippen molar-refractivity contribution in [3.05, 3.63) is 167 Å². The molecule has 0 saturated carbocycles. The largest absolute Gasteiger partial charge is 0.382 e. The molecule has 41 heavy (non-hydrogen) atoms. The number of benzene rings is 5. The van der Waals surface area contributed by atoms with E-state index in [1.54, 1.807) is 0 Å². The predicted molar refractivity (Wildman–Crippen MR) is 172 cm³/mol. The van der Waals surface area contributed by atoms with E-state index in [2.05, 4.69) is 109 Å². The van der Waals surface area contributed by atoms with E-state index in [4.69, 9.17) is 4.98 Å². The van der Waals surface area contributed by atoms with E-state index in [0.29, 0.717) is 5.69 Å². The Labute approximate surface area is 243 Å². The first-order chi connectivity index (χ1) is 20.2. The van der Waals surface area contributed by atoms with Gasteiger partial charge in [0.2, 0.25) is 0 Å². The van der Waals surface area contributed by atoms with Crippen molar-refractivity contribution in [1.29, 1.82) is 0 Å². The van der Waals surface area contributed by atoms with Crippen LogP contribution in [0.25, 0.3) is 10.9 Å². The molecule has 1 atom stereocenters. The number of aromatic nitrogens is 1. The van der Waals surface area contributed by atoms with Gasteiger partial charge in [0, 0.05) is 5.39 Å². The summed E-state index contributed by atoms with van der Waals surface area (Å²) in [6, 6.07) is 48.0. The Hall–Kier alpha value is -4.10. The van der Waals surface area contributed by atoms with Crippen LogP contribution in [0.3, 0.4) is 0 Å². The molecule has 1 heterocycles. The van der Waals surface area contributed by atoms with Crippen LogP contribution >= 0.6 is 7.92 Å². The summed E-state index contributed by atoms with van der Waals surface area (Å²) < 4.78 is 0. The van der Waals surface area contributed by atoms with Crippen LogP contribution in [0.15, 0.2) is 133 Å². The summed E-state index contributed by atoms with van der Waals surface area (Å²) in [5, 5.41) is 16.9. The summed E-state index contributed by atoms with van der Waals surface area (Å²) >= 11 is 0. The van der Waals surface area contributed by atoms with Crippen molar-refractivity contribution in [2.24, 2.45) is 0 Å². The zero-order chi connectivity index (χ0) is 27.6. The quantitative estimate of drug-likeness (QED) is 0.236. The summed E-state index contributed by atoms with van der Waals surface area (Å²) in [7, 11) is -0.666. The average Bonchev–Trinajstić information content (AvgIpc) is 3.03. The van der Waals surface area contributed by atoms with Crippen molar-refractivity contribution >= 4 is 34.7 Å². The Morgan fingerprint density at radius 1 is 0.561 bits per heavy atom. The van der Waals surface area contributed by atoms with Gasteiger partial charge in [0.15, 0.2) is 0 Å². The zero-order valence-corrected chi connectivity index (χ0v) is 23.8. The normalized spacial score (nSPS) is 13.7. The Kier molecular flexibility index (Phi) is 7.19. The molecule has 0 radical (unpaired) electrons. The third-order valence-corrected chi connectivity index (χ3v) is 10.7. The number of hydrogen-bond acceptors (Lipinski definition) is 2. The number of para-hydroxylation sites is 1. The summed E-state index contributed by atoms with van der Waals surface area (Å²) in [5.74, 6) is 0. The molecule has 4 aliphatic rings. The number of aryl methyl sites for hydroxylation is 4. The molecule has 0 saturated heterocycles. The molecular formula is C38H32NOP. The third kappa shape index (κ3) is 5.34. The highest BCUT2D eigenvalue weighted by atomic mass is 31.1. The minimum atomic E-state index is -0.752. The first-order valence-electron chi connectivity index (χ1n) is 14.4. The van der Waals surface area contributed by atoms with E-state index in [-0.39, 0.29) is 0 Å². The predicted octanol–water partition coefficient (Wildman–Crippen LogP) is 6.96. The van der Waals surface area contributed by atoms with Gasteiger partial charge in [0.05, 0.1) is 11.2 Å². The fraction of sp³-hybridized carbons (Fsp3) is 0.132. The van der Waals surface area contributed by atoms with Gasteiger partial charge in [0.25, 0.3) is 0 Å². The Balaban J connectivity index is 1.26. The molecule has 1 N–H and O–H groups in total. The van der Waals surface area contributed by atoms with Gasteiger partial charge in [-0.1, -0.05) is 121 Å². The molecule has 0 aliphatic heterocycles. The van der Waals surface area contributed by atoms with Crippen molar-refractivity contribution in [2.45, 2.75) is 31.8 Å². The van der Waals surface area contributed by atoms with Crippen molar-refractivity contribution in [3.8, 4) is 0 Å². The van der Waals surface area contributed by atoms with Gasteiger partial charge in [0.1, 0.15) is 6.10 Å². The third-order valence-electron chi connectivity index (χ3n) is 8.19. The van der Waals surface area contributed by atoms with E-state index < -0.39 is 14.0 Å². The summed E-state index contributed by atoms with van der Waals surface area (Å²) in [6.07, 6.45) is 2.91. The Bertz CT molecular complexity index is 1780. The monoisotopic (exact) mass is 549 g/mol. The molecule has 0 unspecified atom stereocenters. The van der Waals surface area contributed by atoms with Gasteiger partial charge in [-0.2, -0.15) is 0 Å². The first kappa shape index (κ1) is 25.8. The lowest BCUT2D eigenvalue weighted by Gasteiger charge is -2.24. The molecule has 6 aromatic rings. The van der Waals surface area contributed by atoms with E-state index in [0.717, 1.165) is 42.1 Å². The molecule has 4 aliphatic carbocycles. The maximum atomic E-state index is 11.6. The topological polar surface area (TPSA) is 33.1 Å². The van der Waals surface area contributed by atoms with E-state index in [9.17, 15) is 5.11 Å². The highest BCUT2D eigenvalue weighted by Crippen LogP contribution is 2.36. The maximum Gasteiger partial charge on any atom is 0.121 e. The molecule has 4 bridgehead atoms. The molecule has 0 fully saturated rings. The molecule has 3 heteroatoms. The second-order valence-corrected chi connectivity index (χ2v) is 13.0. The van der Waals surface area contributed by atoms with Crippen LogP contribution in [-0.4, -0.2) is 10.1 Å². The number of aliphatic hydroxyl groups is 1. The number of rotatable bonds is 5. The van der Waals surface area contributed by atoms with Crippen molar-refractivity contribution in [2.75, 3.05) is 0 Å². The molecule has 2 nitrogen and oxygen atoms in total. The minimum absolute atomic E-state index is 0.666.